The fraction of sp³-hybridized carbons (Fsp3) is 0.500. The molecule has 2 amide bonds. The van der Waals surface area contributed by atoms with Gasteiger partial charge in [0.1, 0.15) is 25.2 Å². The van der Waals surface area contributed by atoms with E-state index >= 15 is 0 Å². The predicted octanol–water partition coefficient (Wildman–Crippen LogP) is 2.71. The monoisotopic (exact) mass is 606 g/mol. The van der Waals surface area contributed by atoms with E-state index in [4.69, 9.17) is 29.2 Å². The van der Waals surface area contributed by atoms with Gasteiger partial charge in [-0.25, -0.2) is 9.59 Å². The molecule has 5 N–H and O–H groups in total. The third-order valence-corrected chi connectivity index (χ3v) is 6.38. The highest BCUT2D eigenvalue weighted by atomic mass is 16.7. The Hall–Kier alpha value is -3.75. The molecule has 0 saturated heterocycles. The van der Waals surface area contributed by atoms with E-state index in [1.54, 1.807) is 19.9 Å². The molecule has 2 unspecified atom stereocenters. The van der Waals surface area contributed by atoms with E-state index in [1.165, 1.54) is 24.0 Å². The van der Waals surface area contributed by atoms with E-state index < -0.39 is 42.6 Å². The topological polar surface area (TPSA) is 184 Å². The summed E-state index contributed by atoms with van der Waals surface area (Å²) in [5.41, 5.74) is 1.74. The van der Waals surface area contributed by atoms with E-state index in [0.717, 1.165) is 5.56 Å². The number of aliphatic hydroxyl groups is 3. The second kappa shape index (κ2) is 18.7. The van der Waals surface area contributed by atoms with Crippen molar-refractivity contribution in [3.8, 4) is 5.75 Å². The van der Waals surface area contributed by atoms with Crippen LogP contribution >= 0.6 is 0 Å². The van der Waals surface area contributed by atoms with Crippen LogP contribution in [-0.2, 0) is 36.8 Å². The molecule has 0 heterocycles. The van der Waals surface area contributed by atoms with Gasteiger partial charge in [-0.1, -0.05) is 43.3 Å². The molecule has 13 nitrogen and oxygen atoms in total. The Bertz CT molecular complexity index is 1150. The maximum absolute atomic E-state index is 12.7. The van der Waals surface area contributed by atoms with Gasteiger partial charge in [0, 0.05) is 20.1 Å². The molecule has 43 heavy (non-hydrogen) atoms. The van der Waals surface area contributed by atoms with Crippen LogP contribution in [0.25, 0.3) is 0 Å². The first-order valence-corrected chi connectivity index (χ1v) is 14.0. The molecule has 2 rings (SSSR count). The Morgan fingerprint density at radius 3 is 2.40 bits per heavy atom. The molecule has 238 valence electrons. The largest absolute Gasteiger partial charge is 0.477 e. The summed E-state index contributed by atoms with van der Waals surface area (Å²) in [5, 5.41) is 41.3. The highest BCUT2D eigenvalue weighted by Crippen LogP contribution is 2.30. The van der Waals surface area contributed by atoms with Crippen LogP contribution in [0.2, 0.25) is 0 Å². The molecule has 0 radical (unpaired) electrons. The van der Waals surface area contributed by atoms with Crippen molar-refractivity contribution in [2.45, 2.75) is 65.3 Å². The van der Waals surface area contributed by atoms with Crippen molar-refractivity contribution in [2.75, 3.05) is 31.8 Å². The van der Waals surface area contributed by atoms with Crippen molar-refractivity contribution in [3.05, 3.63) is 59.7 Å². The number of carbonyl (C=O) groups is 3. The zero-order valence-electron chi connectivity index (χ0n) is 24.7. The van der Waals surface area contributed by atoms with Gasteiger partial charge in [0.25, 0.3) is 6.29 Å². The zero-order valence-corrected chi connectivity index (χ0v) is 24.7. The van der Waals surface area contributed by atoms with Crippen LogP contribution < -0.4 is 10.1 Å². The maximum atomic E-state index is 12.7. The zero-order chi connectivity index (χ0) is 31.8. The van der Waals surface area contributed by atoms with Crippen molar-refractivity contribution in [1.82, 2.24) is 4.90 Å². The van der Waals surface area contributed by atoms with Gasteiger partial charge in [0.2, 0.25) is 12.2 Å². The molecule has 2 aromatic rings. The lowest BCUT2D eigenvalue weighted by molar-refractivity contribution is -0.240. The number of carboxylic acid groups (broad SMARTS) is 1. The highest BCUT2D eigenvalue weighted by Gasteiger charge is 2.32. The summed E-state index contributed by atoms with van der Waals surface area (Å²) < 4.78 is 21.9. The average molecular weight is 607 g/mol. The molecule has 0 bridgehead atoms. The van der Waals surface area contributed by atoms with E-state index in [-0.39, 0.29) is 31.4 Å². The minimum Gasteiger partial charge on any atom is -0.477 e. The van der Waals surface area contributed by atoms with Crippen molar-refractivity contribution < 1.29 is 53.8 Å². The van der Waals surface area contributed by atoms with Crippen molar-refractivity contribution in [3.63, 3.8) is 0 Å². The van der Waals surface area contributed by atoms with Crippen molar-refractivity contribution >= 4 is 23.7 Å². The number of nitrogens with zero attached hydrogens (tertiary/aromatic N) is 1. The lowest BCUT2D eigenvalue weighted by atomic mass is 9.98. The SMILES string of the molecule is CCN(COCCc1ccccc1)C(=O)OCc1ccc(O[C@@H](OC(O)C(=O)O)C(O)[C@@H](C)CCCO)c(NC(C)=O)c1. The number of nitrogens with one attached hydrogen (secondary N) is 1. The van der Waals surface area contributed by atoms with Gasteiger partial charge in [-0.05, 0) is 55.4 Å². The maximum Gasteiger partial charge on any atom is 0.411 e. The molecule has 0 aliphatic heterocycles. The Morgan fingerprint density at radius 2 is 1.77 bits per heavy atom. The Balaban J connectivity index is 2.08. The third kappa shape index (κ3) is 12.6. The summed E-state index contributed by atoms with van der Waals surface area (Å²) in [4.78, 5) is 37.1. The number of benzene rings is 2. The van der Waals surface area contributed by atoms with Crippen LogP contribution in [0.1, 0.15) is 44.7 Å². The molecule has 2 aromatic carbocycles. The molecule has 0 fully saturated rings. The number of ether oxygens (including phenoxy) is 4. The predicted molar refractivity (Wildman–Crippen MR) is 155 cm³/mol. The quantitative estimate of drug-likeness (QED) is 0.117. The minimum atomic E-state index is -2.29. The van der Waals surface area contributed by atoms with E-state index in [2.05, 4.69) is 5.32 Å². The highest BCUT2D eigenvalue weighted by molar-refractivity contribution is 5.90. The fourth-order valence-corrected chi connectivity index (χ4v) is 3.92. The van der Waals surface area contributed by atoms with Crippen LogP contribution in [0.5, 0.6) is 5.75 Å². The summed E-state index contributed by atoms with van der Waals surface area (Å²) in [6, 6.07) is 14.3. The summed E-state index contributed by atoms with van der Waals surface area (Å²) >= 11 is 0. The molecule has 0 spiro atoms. The molecule has 0 aliphatic rings. The number of aliphatic carboxylic acids is 1. The van der Waals surface area contributed by atoms with Crippen LogP contribution in [0, 0.1) is 5.92 Å². The first-order valence-electron chi connectivity index (χ1n) is 14.0. The Labute approximate surface area is 250 Å². The molecule has 0 aromatic heterocycles. The van der Waals surface area contributed by atoms with Gasteiger partial charge in [0.05, 0.1) is 12.3 Å². The standard InChI is InChI=1S/C30H42N2O11/c1-4-32(19-40-16-14-22-10-6-5-7-11-22)30(39)41-18-23-12-13-25(24(17-23)31-21(3)34)42-29(43-28(38)27(36)37)26(35)20(2)9-8-15-33/h5-7,10-13,17,20,26,28-29,33,35,38H,4,8-9,14-16,18-19H2,1-3H3,(H,31,34)(H,36,37)/t20-,26?,28?,29-/m0/s1. The number of anilines is 1. The van der Waals surface area contributed by atoms with Crippen LogP contribution in [0.3, 0.4) is 0 Å². The second-order valence-corrected chi connectivity index (χ2v) is 9.84. The number of aliphatic hydroxyl groups excluding tert-OH is 3. The third-order valence-electron chi connectivity index (χ3n) is 6.38. The minimum absolute atomic E-state index is 0.00303. The summed E-state index contributed by atoms with van der Waals surface area (Å²) in [6.45, 7) is 5.28. The molecular formula is C30H42N2O11. The molecular weight excluding hydrogens is 564 g/mol. The van der Waals surface area contributed by atoms with Gasteiger partial charge in [0.15, 0.2) is 0 Å². The smallest absolute Gasteiger partial charge is 0.411 e. The number of carboxylic acids is 1. The van der Waals surface area contributed by atoms with Crippen molar-refractivity contribution in [2.24, 2.45) is 5.92 Å². The Morgan fingerprint density at radius 1 is 1.05 bits per heavy atom. The number of hydrogen-bond acceptors (Lipinski definition) is 10. The first-order chi connectivity index (χ1) is 20.5. The van der Waals surface area contributed by atoms with Gasteiger partial charge >= 0.3 is 12.1 Å². The second-order valence-electron chi connectivity index (χ2n) is 9.84. The lowest BCUT2D eigenvalue weighted by Gasteiger charge is -2.29. The van der Waals surface area contributed by atoms with Gasteiger partial charge in [-0.15, -0.1) is 0 Å². The first kappa shape index (κ1) is 35.4. The Kier molecular flexibility index (Phi) is 15.4. The van der Waals surface area contributed by atoms with E-state index in [9.17, 15) is 24.6 Å². The van der Waals surface area contributed by atoms with Gasteiger partial charge < -0.3 is 44.7 Å². The number of rotatable bonds is 19. The van der Waals surface area contributed by atoms with Crippen LogP contribution in [-0.4, -0.2) is 88.5 Å². The summed E-state index contributed by atoms with van der Waals surface area (Å²) in [6.07, 6.45) is -4.51. The summed E-state index contributed by atoms with van der Waals surface area (Å²) in [7, 11) is 0. The average Bonchev–Trinajstić information content (AvgIpc) is 2.99. The number of hydrogen-bond donors (Lipinski definition) is 5. The fourth-order valence-electron chi connectivity index (χ4n) is 3.92. The van der Waals surface area contributed by atoms with Gasteiger partial charge in [-0.2, -0.15) is 0 Å². The van der Waals surface area contributed by atoms with Crippen molar-refractivity contribution in [1.29, 1.82) is 0 Å². The molecule has 0 saturated carbocycles. The normalized spacial score (nSPS) is 13.8. The molecule has 4 atom stereocenters. The van der Waals surface area contributed by atoms with Crippen LogP contribution in [0.4, 0.5) is 10.5 Å². The lowest BCUT2D eigenvalue weighted by Crippen LogP contribution is -2.43. The number of amides is 2. The van der Waals surface area contributed by atoms with Gasteiger partial charge in [-0.3, -0.25) is 9.69 Å². The summed E-state index contributed by atoms with van der Waals surface area (Å²) in [5.74, 6) is -2.65. The molecule has 0 aliphatic carbocycles. The molecule has 13 heteroatoms. The van der Waals surface area contributed by atoms with E-state index in [1.807, 2.05) is 30.3 Å². The number of carbonyl (C=O) groups excluding carboxylic acids is 2. The van der Waals surface area contributed by atoms with E-state index in [0.29, 0.717) is 38.0 Å². The van der Waals surface area contributed by atoms with Crippen LogP contribution in [0.15, 0.2) is 48.5 Å².